The summed E-state index contributed by atoms with van der Waals surface area (Å²) in [6.45, 7) is 0. The van der Waals surface area contributed by atoms with Crippen LogP contribution in [0.15, 0.2) is 21.1 Å². The van der Waals surface area contributed by atoms with Crippen molar-refractivity contribution in [1.82, 2.24) is 5.16 Å². The molecular weight excluding hydrogens is 236 g/mol. The highest BCUT2D eigenvalue weighted by Gasteiger charge is 2.11. The molecule has 0 saturated heterocycles. The van der Waals surface area contributed by atoms with E-state index in [9.17, 15) is 0 Å². The van der Waals surface area contributed by atoms with E-state index < -0.39 is 0 Å². The summed E-state index contributed by atoms with van der Waals surface area (Å²) >= 11 is 3.33. The summed E-state index contributed by atoms with van der Waals surface area (Å²) in [6, 6.07) is 3.63. The van der Waals surface area contributed by atoms with E-state index in [4.69, 9.17) is 15.0 Å². The predicted octanol–water partition coefficient (Wildman–Crippen LogP) is 2.18. The number of anilines is 1. The number of halogens is 1. The molecule has 1 heterocycles. The maximum atomic E-state index is 5.58. The van der Waals surface area contributed by atoms with Crippen LogP contribution in [-0.2, 0) is 0 Å². The Hall–Kier alpha value is -1.23. The number of nitrogens with zero attached hydrogens (tertiary/aromatic N) is 1. The first-order valence-electron chi connectivity index (χ1n) is 3.61. The Morgan fingerprint density at radius 2 is 2.31 bits per heavy atom. The van der Waals surface area contributed by atoms with Crippen LogP contribution in [0.4, 0.5) is 5.88 Å². The van der Waals surface area contributed by atoms with Gasteiger partial charge in [-0.15, -0.1) is 0 Å². The lowest BCUT2D eigenvalue weighted by Crippen LogP contribution is -1.87. The lowest BCUT2D eigenvalue weighted by atomic mass is 10.2. The molecule has 0 aliphatic carbocycles. The molecule has 0 bridgehead atoms. The Kier molecular flexibility index (Phi) is 1.88. The second kappa shape index (κ2) is 2.92. The second-order valence-corrected chi connectivity index (χ2v) is 3.46. The monoisotopic (exact) mass is 242 g/mol. The van der Waals surface area contributed by atoms with Gasteiger partial charge >= 0.3 is 0 Å². The van der Waals surface area contributed by atoms with Gasteiger partial charge in [0, 0.05) is 4.47 Å². The molecule has 2 rings (SSSR count). The van der Waals surface area contributed by atoms with E-state index in [1.165, 1.54) is 0 Å². The Morgan fingerprint density at radius 1 is 1.54 bits per heavy atom. The maximum Gasteiger partial charge on any atom is 0.233 e. The van der Waals surface area contributed by atoms with Gasteiger partial charge in [0.05, 0.1) is 7.11 Å². The Labute approximate surface area is 82.8 Å². The van der Waals surface area contributed by atoms with Gasteiger partial charge in [0.15, 0.2) is 0 Å². The molecule has 0 fully saturated rings. The molecule has 1 aromatic carbocycles. The lowest BCUT2D eigenvalue weighted by Gasteiger charge is -2.00. The van der Waals surface area contributed by atoms with Crippen molar-refractivity contribution in [3.8, 4) is 5.75 Å². The van der Waals surface area contributed by atoms with E-state index in [-0.39, 0.29) is 5.88 Å². The van der Waals surface area contributed by atoms with E-state index in [1.54, 1.807) is 7.11 Å². The zero-order valence-corrected chi connectivity index (χ0v) is 8.46. The van der Waals surface area contributed by atoms with Gasteiger partial charge in [-0.3, -0.25) is 0 Å². The van der Waals surface area contributed by atoms with Crippen molar-refractivity contribution < 1.29 is 9.26 Å². The SMILES string of the molecule is COc1cc(Br)cc2noc(N)c12. The fourth-order valence-corrected chi connectivity index (χ4v) is 1.62. The summed E-state index contributed by atoms with van der Waals surface area (Å²) in [7, 11) is 1.58. The summed E-state index contributed by atoms with van der Waals surface area (Å²) in [6.07, 6.45) is 0. The minimum Gasteiger partial charge on any atom is -0.496 e. The summed E-state index contributed by atoms with van der Waals surface area (Å²) in [5.41, 5.74) is 6.26. The van der Waals surface area contributed by atoms with E-state index in [0.29, 0.717) is 16.7 Å². The molecule has 0 spiro atoms. The molecule has 2 N–H and O–H groups in total. The molecule has 0 radical (unpaired) electrons. The van der Waals surface area contributed by atoms with Gasteiger partial charge in [-0.25, -0.2) is 0 Å². The molecule has 0 aliphatic rings. The van der Waals surface area contributed by atoms with Crippen molar-refractivity contribution >= 4 is 32.7 Å². The van der Waals surface area contributed by atoms with E-state index in [1.807, 2.05) is 12.1 Å². The van der Waals surface area contributed by atoms with Crippen LogP contribution in [0.1, 0.15) is 0 Å². The standard InChI is InChI=1S/C8H7BrN2O2/c1-12-6-3-4(9)2-5-7(6)8(10)13-11-5/h2-3H,10H2,1H3. The van der Waals surface area contributed by atoms with Gasteiger partial charge < -0.3 is 15.0 Å². The molecule has 0 saturated carbocycles. The number of methoxy groups -OCH3 is 1. The molecule has 2 aromatic rings. The molecule has 0 aliphatic heterocycles. The molecule has 13 heavy (non-hydrogen) atoms. The zero-order chi connectivity index (χ0) is 9.42. The van der Waals surface area contributed by atoms with Gasteiger partial charge in [0.2, 0.25) is 5.88 Å². The van der Waals surface area contributed by atoms with Crippen LogP contribution in [0.5, 0.6) is 5.75 Å². The summed E-state index contributed by atoms with van der Waals surface area (Å²) in [4.78, 5) is 0. The number of benzene rings is 1. The molecule has 1 aromatic heterocycles. The number of aromatic nitrogens is 1. The smallest absolute Gasteiger partial charge is 0.233 e. The average Bonchev–Trinajstić information content (AvgIpc) is 2.46. The van der Waals surface area contributed by atoms with E-state index >= 15 is 0 Å². The van der Waals surface area contributed by atoms with Crippen LogP contribution in [-0.4, -0.2) is 12.3 Å². The van der Waals surface area contributed by atoms with Gasteiger partial charge in [0.1, 0.15) is 16.7 Å². The molecule has 4 nitrogen and oxygen atoms in total. The number of nitrogen functional groups attached to an aromatic ring is 1. The van der Waals surface area contributed by atoms with Gasteiger partial charge in [-0.1, -0.05) is 21.1 Å². The Balaban J connectivity index is 2.85. The summed E-state index contributed by atoms with van der Waals surface area (Å²) in [5, 5.41) is 4.49. The molecule has 5 heteroatoms. The van der Waals surface area contributed by atoms with Crippen molar-refractivity contribution in [3.05, 3.63) is 16.6 Å². The molecule has 0 atom stereocenters. The number of fused-ring (bicyclic) bond motifs is 1. The minimum absolute atomic E-state index is 0.277. The van der Waals surface area contributed by atoms with Gasteiger partial charge in [-0.05, 0) is 12.1 Å². The largest absolute Gasteiger partial charge is 0.496 e. The van der Waals surface area contributed by atoms with Crippen LogP contribution in [0.2, 0.25) is 0 Å². The highest BCUT2D eigenvalue weighted by atomic mass is 79.9. The highest BCUT2D eigenvalue weighted by molar-refractivity contribution is 9.10. The maximum absolute atomic E-state index is 5.58. The first-order valence-corrected chi connectivity index (χ1v) is 4.40. The Morgan fingerprint density at radius 3 is 3.00 bits per heavy atom. The number of hydrogen-bond donors (Lipinski definition) is 1. The molecule has 0 amide bonds. The number of nitrogens with two attached hydrogens (primary N) is 1. The highest BCUT2D eigenvalue weighted by Crippen LogP contribution is 2.33. The molecule has 0 unspecified atom stereocenters. The third-order valence-electron chi connectivity index (χ3n) is 1.75. The van der Waals surface area contributed by atoms with Crippen molar-refractivity contribution in [2.24, 2.45) is 0 Å². The molecular formula is C8H7BrN2O2. The fourth-order valence-electron chi connectivity index (χ4n) is 1.19. The predicted molar refractivity (Wildman–Crippen MR) is 52.7 cm³/mol. The topological polar surface area (TPSA) is 61.3 Å². The van der Waals surface area contributed by atoms with Crippen LogP contribution < -0.4 is 10.5 Å². The lowest BCUT2D eigenvalue weighted by molar-refractivity contribution is 0.418. The summed E-state index contributed by atoms with van der Waals surface area (Å²) in [5.74, 6) is 0.933. The van der Waals surface area contributed by atoms with Crippen molar-refractivity contribution in [2.45, 2.75) is 0 Å². The van der Waals surface area contributed by atoms with Crippen LogP contribution in [0.3, 0.4) is 0 Å². The first kappa shape index (κ1) is 8.37. The number of hydrogen-bond acceptors (Lipinski definition) is 4. The Bertz CT molecular complexity index is 453. The normalized spacial score (nSPS) is 10.6. The van der Waals surface area contributed by atoms with Gasteiger partial charge in [-0.2, -0.15) is 0 Å². The van der Waals surface area contributed by atoms with Crippen molar-refractivity contribution in [1.29, 1.82) is 0 Å². The first-order chi connectivity index (χ1) is 6.22. The third-order valence-corrected chi connectivity index (χ3v) is 2.21. The van der Waals surface area contributed by atoms with Crippen molar-refractivity contribution in [2.75, 3.05) is 12.8 Å². The summed E-state index contributed by atoms with van der Waals surface area (Å²) < 4.78 is 10.9. The molecule has 68 valence electrons. The average molecular weight is 243 g/mol. The third kappa shape index (κ3) is 1.25. The fraction of sp³-hybridized carbons (Fsp3) is 0.125. The zero-order valence-electron chi connectivity index (χ0n) is 6.87. The van der Waals surface area contributed by atoms with Gasteiger partial charge in [0.25, 0.3) is 0 Å². The van der Waals surface area contributed by atoms with E-state index in [2.05, 4.69) is 21.1 Å². The number of rotatable bonds is 1. The quantitative estimate of drug-likeness (QED) is 0.833. The van der Waals surface area contributed by atoms with E-state index in [0.717, 1.165) is 4.47 Å². The van der Waals surface area contributed by atoms with Crippen LogP contribution in [0.25, 0.3) is 10.9 Å². The van der Waals surface area contributed by atoms with Crippen LogP contribution in [0, 0.1) is 0 Å². The van der Waals surface area contributed by atoms with Crippen LogP contribution >= 0.6 is 15.9 Å². The van der Waals surface area contributed by atoms with Crippen molar-refractivity contribution in [3.63, 3.8) is 0 Å². The number of ether oxygens (including phenoxy) is 1. The second-order valence-electron chi connectivity index (χ2n) is 2.55. The minimum atomic E-state index is 0.277.